The van der Waals surface area contributed by atoms with E-state index in [9.17, 15) is 4.79 Å². The fourth-order valence-corrected chi connectivity index (χ4v) is 2.90. The number of aryl methyl sites for hydroxylation is 3. The summed E-state index contributed by atoms with van der Waals surface area (Å²) >= 11 is 0. The maximum Gasteiger partial charge on any atom is 0.274 e. The summed E-state index contributed by atoms with van der Waals surface area (Å²) in [6.07, 6.45) is 0. The molecule has 0 bridgehead atoms. The molecule has 140 valence electrons. The second-order valence-corrected chi connectivity index (χ2v) is 6.96. The highest BCUT2D eigenvalue weighted by molar-refractivity contribution is 5.93. The van der Waals surface area contributed by atoms with E-state index >= 15 is 0 Å². The minimum atomic E-state index is -0.222. The molecule has 0 aliphatic heterocycles. The maximum atomic E-state index is 12.6. The number of nitrogens with one attached hydrogen (secondary N) is 1. The zero-order valence-electron chi connectivity index (χ0n) is 16.4. The van der Waals surface area contributed by atoms with Crippen LogP contribution < -0.4 is 10.2 Å². The van der Waals surface area contributed by atoms with Crippen LogP contribution in [0.2, 0.25) is 0 Å². The van der Waals surface area contributed by atoms with Gasteiger partial charge in [-0.3, -0.25) is 4.79 Å². The summed E-state index contributed by atoms with van der Waals surface area (Å²) in [5, 5.41) is 11.7. The van der Waals surface area contributed by atoms with Gasteiger partial charge in [0.2, 0.25) is 0 Å². The fourth-order valence-electron chi connectivity index (χ4n) is 2.90. The van der Waals surface area contributed by atoms with E-state index < -0.39 is 0 Å². The molecule has 1 aromatic heterocycles. The number of hydrogen-bond acceptors (Lipinski definition) is 4. The zero-order valence-corrected chi connectivity index (χ0v) is 16.4. The number of carbonyl (C=O) groups is 1. The van der Waals surface area contributed by atoms with E-state index in [1.165, 1.54) is 10.4 Å². The first kappa shape index (κ1) is 18.6. The van der Waals surface area contributed by atoms with E-state index in [1.54, 1.807) is 6.92 Å². The SMILES string of the molecule is Cc1ccc(-n2nc(C)c(C(=O)NCc3ccc(N(C)C)cc3)n2)c(C)c1. The molecule has 3 rings (SSSR count). The van der Waals surface area contributed by atoms with Crippen LogP contribution in [0.1, 0.15) is 32.9 Å². The normalized spacial score (nSPS) is 10.7. The van der Waals surface area contributed by atoms with Gasteiger partial charge < -0.3 is 10.2 Å². The van der Waals surface area contributed by atoms with Crippen molar-refractivity contribution in [1.82, 2.24) is 20.3 Å². The van der Waals surface area contributed by atoms with Gasteiger partial charge in [0.1, 0.15) is 0 Å². The maximum absolute atomic E-state index is 12.6. The Bertz CT molecular complexity index is 957. The van der Waals surface area contributed by atoms with Crippen molar-refractivity contribution in [3.8, 4) is 5.69 Å². The van der Waals surface area contributed by atoms with Gasteiger partial charge in [0.15, 0.2) is 5.69 Å². The van der Waals surface area contributed by atoms with Gasteiger partial charge in [-0.25, -0.2) is 0 Å². The summed E-state index contributed by atoms with van der Waals surface area (Å²) in [5.41, 5.74) is 6.24. The molecule has 0 saturated carbocycles. The summed E-state index contributed by atoms with van der Waals surface area (Å²) in [6.45, 7) is 6.30. The van der Waals surface area contributed by atoms with Crippen LogP contribution in [0, 0.1) is 20.8 Å². The third-order valence-electron chi connectivity index (χ3n) is 4.47. The molecule has 2 aromatic carbocycles. The number of carbonyl (C=O) groups excluding carboxylic acids is 1. The number of rotatable bonds is 5. The second kappa shape index (κ2) is 7.61. The number of aromatic nitrogens is 3. The van der Waals surface area contributed by atoms with Crippen molar-refractivity contribution < 1.29 is 4.79 Å². The van der Waals surface area contributed by atoms with E-state index in [0.717, 1.165) is 22.5 Å². The number of hydrogen-bond donors (Lipinski definition) is 1. The van der Waals surface area contributed by atoms with E-state index in [2.05, 4.69) is 21.6 Å². The van der Waals surface area contributed by atoms with Crippen LogP contribution in [0.4, 0.5) is 5.69 Å². The topological polar surface area (TPSA) is 63.1 Å². The molecule has 0 atom stereocenters. The second-order valence-electron chi connectivity index (χ2n) is 6.96. The third kappa shape index (κ3) is 4.16. The number of benzene rings is 2. The lowest BCUT2D eigenvalue weighted by molar-refractivity contribution is 0.0945. The van der Waals surface area contributed by atoms with Gasteiger partial charge in [-0.2, -0.15) is 9.90 Å². The Morgan fingerprint density at radius 2 is 1.74 bits per heavy atom. The monoisotopic (exact) mass is 363 g/mol. The molecule has 1 amide bonds. The predicted molar refractivity (Wildman–Crippen MR) is 108 cm³/mol. The van der Waals surface area contributed by atoms with Crippen molar-refractivity contribution >= 4 is 11.6 Å². The molecular formula is C21H25N5O. The molecule has 1 N–H and O–H groups in total. The average molecular weight is 363 g/mol. The Morgan fingerprint density at radius 1 is 1.04 bits per heavy atom. The number of nitrogens with zero attached hydrogens (tertiary/aromatic N) is 4. The van der Waals surface area contributed by atoms with E-state index in [4.69, 9.17) is 0 Å². The van der Waals surface area contributed by atoms with Crippen LogP contribution in [-0.4, -0.2) is 35.0 Å². The van der Waals surface area contributed by atoms with Crippen LogP contribution in [0.3, 0.4) is 0 Å². The van der Waals surface area contributed by atoms with Crippen molar-refractivity contribution in [2.45, 2.75) is 27.3 Å². The molecule has 0 spiro atoms. The molecule has 0 unspecified atom stereocenters. The number of anilines is 1. The quantitative estimate of drug-likeness (QED) is 0.756. The Hall–Kier alpha value is -3.15. The molecule has 0 aliphatic rings. The standard InChI is InChI=1S/C21H25N5O/c1-14-6-11-19(15(2)12-14)26-23-16(3)20(24-26)21(27)22-13-17-7-9-18(10-8-17)25(4)5/h6-12H,13H2,1-5H3,(H,22,27). The van der Waals surface area contributed by atoms with Gasteiger partial charge in [-0.15, -0.1) is 5.10 Å². The molecule has 27 heavy (non-hydrogen) atoms. The van der Waals surface area contributed by atoms with Gasteiger partial charge in [0.05, 0.1) is 11.4 Å². The van der Waals surface area contributed by atoms with Gasteiger partial charge in [0.25, 0.3) is 5.91 Å². The van der Waals surface area contributed by atoms with Crippen LogP contribution in [0.25, 0.3) is 5.69 Å². The van der Waals surface area contributed by atoms with Gasteiger partial charge >= 0.3 is 0 Å². The number of amides is 1. The van der Waals surface area contributed by atoms with Crippen LogP contribution in [0.5, 0.6) is 0 Å². The molecule has 6 heteroatoms. The average Bonchev–Trinajstić information content (AvgIpc) is 3.01. The molecule has 0 saturated heterocycles. The van der Waals surface area contributed by atoms with Crippen molar-refractivity contribution in [2.24, 2.45) is 0 Å². The van der Waals surface area contributed by atoms with Crippen LogP contribution in [0.15, 0.2) is 42.5 Å². The highest BCUT2D eigenvalue weighted by Crippen LogP contribution is 2.16. The highest BCUT2D eigenvalue weighted by Gasteiger charge is 2.17. The molecule has 1 heterocycles. The van der Waals surface area contributed by atoms with Crippen molar-refractivity contribution in [3.63, 3.8) is 0 Å². The van der Waals surface area contributed by atoms with Crippen LogP contribution >= 0.6 is 0 Å². The predicted octanol–water partition coefficient (Wildman–Crippen LogP) is 3.19. The van der Waals surface area contributed by atoms with Gasteiger partial charge in [0, 0.05) is 26.3 Å². The van der Waals surface area contributed by atoms with Crippen molar-refractivity contribution in [3.05, 3.63) is 70.5 Å². The first-order valence-electron chi connectivity index (χ1n) is 8.91. The van der Waals surface area contributed by atoms with E-state index in [1.807, 2.05) is 69.2 Å². The summed E-state index contributed by atoms with van der Waals surface area (Å²) in [5.74, 6) is -0.222. The molecule has 0 radical (unpaired) electrons. The largest absolute Gasteiger partial charge is 0.378 e. The Kier molecular flexibility index (Phi) is 5.26. The minimum Gasteiger partial charge on any atom is -0.378 e. The molecule has 6 nitrogen and oxygen atoms in total. The summed E-state index contributed by atoms with van der Waals surface area (Å²) in [7, 11) is 4.00. The summed E-state index contributed by atoms with van der Waals surface area (Å²) < 4.78 is 0. The molecule has 0 fully saturated rings. The fraction of sp³-hybridized carbons (Fsp3) is 0.286. The molecule has 3 aromatic rings. The Balaban J connectivity index is 1.72. The van der Waals surface area contributed by atoms with Gasteiger partial charge in [-0.1, -0.05) is 29.8 Å². The first-order valence-corrected chi connectivity index (χ1v) is 8.91. The smallest absolute Gasteiger partial charge is 0.274 e. The van der Waals surface area contributed by atoms with Crippen LogP contribution in [-0.2, 0) is 6.54 Å². The Labute approximate surface area is 159 Å². The summed E-state index contributed by atoms with van der Waals surface area (Å²) in [4.78, 5) is 16.1. The van der Waals surface area contributed by atoms with Crippen molar-refractivity contribution in [2.75, 3.05) is 19.0 Å². The lowest BCUT2D eigenvalue weighted by Gasteiger charge is -2.12. The molecule has 0 aliphatic carbocycles. The highest BCUT2D eigenvalue weighted by atomic mass is 16.2. The lowest BCUT2D eigenvalue weighted by atomic mass is 10.1. The Morgan fingerprint density at radius 3 is 2.37 bits per heavy atom. The molecular weight excluding hydrogens is 338 g/mol. The summed E-state index contributed by atoms with van der Waals surface area (Å²) in [6, 6.07) is 14.1. The lowest BCUT2D eigenvalue weighted by Crippen LogP contribution is -2.24. The van der Waals surface area contributed by atoms with Crippen molar-refractivity contribution in [1.29, 1.82) is 0 Å². The van der Waals surface area contributed by atoms with E-state index in [-0.39, 0.29) is 5.91 Å². The third-order valence-corrected chi connectivity index (χ3v) is 4.47. The first-order chi connectivity index (χ1) is 12.8. The van der Waals surface area contributed by atoms with E-state index in [0.29, 0.717) is 17.9 Å². The van der Waals surface area contributed by atoms with Gasteiger partial charge in [-0.05, 0) is 50.1 Å². The zero-order chi connectivity index (χ0) is 19.6. The minimum absolute atomic E-state index is 0.222.